The fourth-order valence-electron chi connectivity index (χ4n) is 7.52. The second-order valence-corrected chi connectivity index (χ2v) is 12.1. The lowest BCUT2D eigenvalue weighted by Gasteiger charge is -2.13. The van der Waals surface area contributed by atoms with Crippen LogP contribution in [-0.2, 0) is 0 Å². The molecule has 0 N–H and O–H groups in total. The van der Waals surface area contributed by atoms with Crippen molar-refractivity contribution in [2.75, 3.05) is 0 Å². The highest BCUT2D eigenvalue weighted by molar-refractivity contribution is 6.22. The fraction of sp³-hybridized carbons (Fsp3) is 0.0476. The second-order valence-electron chi connectivity index (χ2n) is 12.1. The van der Waals surface area contributed by atoms with E-state index in [1.54, 1.807) is 0 Å². The van der Waals surface area contributed by atoms with Crippen molar-refractivity contribution in [3.05, 3.63) is 151 Å². The highest BCUT2D eigenvalue weighted by Gasteiger charge is 2.20. The maximum Gasteiger partial charge on any atom is 0.137 e. The zero-order chi connectivity index (χ0) is 29.5. The van der Waals surface area contributed by atoms with Gasteiger partial charge in [-0.15, -0.1) is 0 Å². The van der Waals surface area contributed by atoms with Crippen LogP contribution in [-0.4, -0.2) is 9.13 Å². The lowest BCUT2D eigenvalue weighted by molar-refractivity contribution is 0.669. The third kappa shape index (κ3) is 3.58. The topological polar surface area (TPSA) is 23.0 Å². The first-order chi connectivity index (χ1) is 22.3. The molecule has 3 aromatic heterocycles. The molecule has 0 unspecified atom stereocenters. The van der Waals surface area contributed by atoms with Crippen molar-refractivity contribution >= 4 is 71.1 Å². The maximum absolute atomic E-state index is 6.38. The fourth-order valence-corrected chi connectivity index (χ4v) is 7.52. The molecule has 0 saturated heterocycles. The molecule has 1 aliphatic carbocycles. The molecule has 9 aromatic rings. The third-order valence-corrected chi connectivity index (χ3v) is 9.56. The average Bonchev–Trinajstić information content (AvgIpc) is 3.74. The van der Waals surface area contributed by atoms with E-state index in [0.29, 0.717) is 0 Å². The normalized spacial score (nSPS) is 13.6. The first-order valence-corrected chi connectivity index (χ1v) is 15.7. The molecule has 0 saturated carbocycles. The highest BCUT2D eigenvalue weighted by Crippen LogP contribution is 2.42. The van der Waals surface area contributed by atoms with E-state index in [9.17, 15) is 0 Å². The summed E-state index contributed by atoms with van der Waals surface area (Å²) in [7, 11) is 0. The van der Waals surface area contributed by atoms with E-state index in [4.69, 9.17) is 4.42 Å². The number of rotatable bonds is 3. The van der Waals surface area contributed by atoms with Crippen LogP contribution < -0.4 is 0 Å². The molecule has 45 heavy (non-hydrogen) atoms. The molecule has 0 bridgehead atoms. The molecule has 0 atom stereocenters. The van der Waals surface area contributed by atoms with Crippen LogP contribution in [0.25, 0.3) is 82.5 Å². The summed E-state index contributed by atoms with van der Waals surface area (Å²) in [6.07, 6.45) is 8.86. The Balaban J connectivity index is 1.33. The Bertz CT molecular complexity index is 2700. The Labute approximate surface area is 259 Å². The Hall–Kier alpha value is -5.80. The number of hydrogen-bond acceptors (Lipinski definition) is 1. The molecule has 0 aliphatic heterocycles. The van der Waals surface area contributed by atoms with Crippen LogP contribution >= 0.6 is 0 Å². The van der Waals surface area contributed by atoms with Gasteiger partial charge in [0.25, 0.3) is 0 Å². The van der Waals surface area contributed by atoms with Crippen molar-refractivity contribution in [3.63, 3.8) is 0 Å². The molecule has 6 aromatic carbocycles. The van der Waals surface area contributed by atoms with Gasteiger partial charge in [0.05, 0.1) is 22.1 Å². The van der Waals surface area contributed by atoms with Crippen LogP contribution in [0.3, 0.4) is 0 Å². The zero-order valence-electron chi connectivity index (χ0n) is 24.6. The van der Waals surface area contributed by atoms with Gasteiger partial charge in [-0.05, 0) is 78.6 Å². The summed E-state index contributed by atoms with van der Waals surface area (Å²) in [5, 5.41) is 7.28. The van der Waals surface area contributed by atoms with Gasteiger partial charge in [0.2, 0.25) is 0 Å². The van der Waals surface area contributed by atoms with Gasteiger partial charge in [0, 0.05) is 49.8 Å². The van der Waals surface area contributed by atoms with Crippen LogP contribution in [0.2, 0.25) is 0 Å². The van der Waals surface area contributed by atoms with Crippen molar-refractivity contribution in [2.24, 2.45) is 0 Å². The minimum atomic E-state index is 0.909. The van der Waals surface area contributed by atoms with Crippen LogP contribution in [0, 0.1) is 0 Å². The van der Waals surface area contributed by atoms with Gasteiger partial charge < -0.3 is 13.6 Å². The van der Waals surface area contributed by atoms with Crippen molar-refractivity contribution in [1.82, 2.24) is 9.13 Å². The Morgan fingerprint density at radius 1 is 0.467 bits per heavy atom. The van der Waals surface area contributed by atoms with E-state index >= 15 is 0 Å². The predicted molar refractivity (Wildman–Crippen MR) is 189 cm³/mol. The molecular weight excluding hydrogens is 548 g/mol. The van der Waals surface area contributed by atoms with E-state index in [1.807, 2.05) is 6.07 Å². The summed E-state index contributed by atoms with van der Waals surface area (Å²) in [5.41, 5.74) is 11.6. The summed E-state index contributed by atoms with van der Waals surface area (Å²) in [6, 6.07) is 46.2. The number of aromatic nitrogens is 2. The smallest absolute Gasteiger partial charge is 0.137 e. The third-order valence-electron chi connectivity index (χ3n) is 9.56. The number of benzene rings is 6. The first kappa shape index (κ1) is 24.6. The van der Waals surface area contributed by atoms with Crippen molar-refractivity contribution < 1.29 is 4.42 Å². The minimum absolute atomic E-state index is 0.909. The number of fused-ring (bicyclic) bond motifs is 9. The number of furan rings is 1. The maximum atomic E-state index is 6.38. The molecule has 212 valence electrons. The van der Waals surface area contributed by atoms with Gasteiger partial charge in [-0.3, -0.25) is 0 Å². The molecule has 3 nitrogen and oxygen atoms in total. The van der Waals surface area contributed by atoms with Crippen LogP contribution in [0.15, 0.2) is 150 Å². The monoisotopic (exact) mass is 576 g/mol. The lowest BCUT2D eigenvalue weighted by atomic mass is 9.97. The molecule has 0 amide bonds. The molecule has 1 aliphatic rings. The highest BCUT2D eigenvalue weighted by atomic mass is 16.3. The predicted octanol–water partition coefficient (Wildman–Crippen LogP) is 11.5. The van der Waals surface area contributed by atoms with Gasteiger partial charge in [0.15, 0.2) is 0 Å². The van der Waals surface area contributed by atoms with Gasteiger partial charge in [-0.1, -0.05) is 85.0 Å². The molecule has 0 fully saturated rings. The number of allylic oxidation sites excluding steroid dienone is 4. The Morgan fingerprint density at radius 3 is 2.00 bits per heavy atom. The van der Waals surface area contributed by atoms with E-state index in [0.717, 1.165) is 46.0 Å². The molecule has 10 rings (SSSR count). The van der Waals surface area contributed by atoms with Crippen LogP contribution in [0.4, 0.5) is 0 Å². The molecule has 3 heteroatoms. The first-order valence-electron chi connectivity index (χ1n) is 15.7. The van der Waals surface area contributed by atoms with E-state index in [2.05, 4.69) is 149 Å². The minimum Gasteiger partial charge on any atom is -0.456 e. The number of para-hydroxylation sites is 3. The van der Waals surface area contributed by atoms with E-state index in [1.165, 1.54) is 54.9 Å². The number of nitrogens with zero attached hydrogens (tertiary/aromatic N) is 2. The summed E-state index contributed by atoms with van der Waals surface area (Å²) < 4.78 is 11.2. The summed E-state index contributed by atoms with van der Waals surface area (Å²) in [4.78, 5) is 0. The van der Waals surface area contributed by atoms with Gasteiger partial charge in [-0.25, -0.2) is 0 Å². The van der Waals surface area contributed by atoms with Crippen LogP contribution in [0.5, 0.6) is 0 Å². The van der Waals surface area contributed by atoms with Crippen molar-refractivity contribution in [3.8, 4) is 11.4 Å². The molecular formula is C42H28N2O. The van der Waals surface area contributed by atoms with E-state index in [-0.39, 0.29) is 0 Å². The SMILES string of the molecule is C1=CCCC(c2cccc(-n3c4ccccc4c4cc5c6cc7c(cc6n(-c6ccccc6)c5cc43)oc3ccccc37)c2)=C1. The lowest BCUT2D eigenvalue weighted by Crippen LogP contribution is -1.97. The second kappa shape index (κ2) is 9.35. The summed E-state index contributed by atoms with van der Waals surface area (Å²) in [5.74, 6) is 0. The summed E-state index contributed by atoms with van der Waals surface area (Å²) >= 11 is 0. The standard InChI is InChI=1S/C42H28N2O/c1-3-12-27(13-4-1)28-14-11-17-30(22-28)44-37-20-9-7-18-31(37)33-23-34-35-24-36-32-19-8-10-21-41(32)45-42(36)26-40(35)43(39(34)25-38(33)44)29-15-5-2-6-16-29/h1-3,5-12,14-26H,4,13H2. The molecule has 0 radical (unpaired) electrons. The largest absolute Gasteiger partial charge is 0.456 e. The Morgan fingerprint density at radius 2 is 1.16 bits per heavy atom. The number of hydrogen-bond donors (Lipinski definition) is 0. The molecule has 3 heterocycles. The van der Waals surface area contributed by atoms with Gasteiger partial charge in [-0.2, -0.15) is 0 Å². The van der Waals surface area contributed by atoms with Crippen molar-refractivity contribution in [1.29, 1.82) is 0 Å². The molecule has 0 spiro atoms. The van der Waals surface area contributed by atoms with Crippen LogP contribution in [0.1, 0.15) is 18.4 Å². The van der Waals surface area contributed by atoms with Crippen molar-refractivity contribution in [2.45, 2.75) is 12.8 Å². The average molecular weight is 577 g/mol. The zero-order valence-corrected chi connectivity index (χ0v) is 24.6. The van der Waals surface area contributed by atoms with Gasteiger partial charge in [0.1, 0.15) is 11.2 Å². The van der Waals surface area contributed by atoms with E-state index < -0.39 is 0 Å². The Kier molecular flexibility index (Phi) is 5.11. The quantitative estimate of drug-likeness (QED) is 0.205. The van der Waals surface area contributed by atoms with Gasteiger partial charge >= 0.3 is 0 Å². The summed E-state index contributed by atoms with van der Waals surface area (Å²) in [6.45, 7) is 0.